The Balaban J connectivity index is 2.33. The van der Waals surface area contributed by atoms with E-state index in [1.165, 1.54) is 11.8 Å². The highest BCUT2D eigenvalue weighted by molar-refractivity contribution is 8.06. The number of carbonyl (C=O) groups is 1. The number of aliphatic hydroxyl groups is 1. The normalized spacial score (nSPS) is 14.7. The number of nitrogens with zero attached hydrogens (tertiary/aromatic N) is 1. The number of rotatable bonds is 9. The summed E-state index contributed by atoms with van der Waals surface area (Å²) in [6.45, 7) is 17.1. The van der Waals surface area contributed by atoms with E-state index in [4.69, 9.17) is 0 Å². The molecule has 0 bridgehead atoms. The topological polar surface area (TPSA) is 73.1 Å². The summed E-state index contributed by atoms with van der Waals surface area (Å²) in [4.78, 5) is 13.6. The van der Waals surface area contributed by atoms with Crippen molar-refractivity contribution in [1.82, 2.24) is 5.32 Å². The second-order valence-corrected chi connectivity index (χ2v) is 9.80. The van der Waals surface area contributed by atoms with Gasteiger partial charge in [0.25, 0.3) is 0 Å². The highest BCUT2D eigenvalue weighted by Gasteiger charge is 2.29. The van der Waals surface area contributed by atoms with Crippen LogP contribution >= 0.6 is 11.8 Å². The van der Waals surface area contributed by atoms with Gasteiger partial charge in [-0.25, -0.2) is 0 Å². The van der Waals surface area contributed by atoms with Gasteiger partial charge in [0.05, 0.1) is 28.7 Å². The molecule has 5 heteroatoms. The second-order valence-electron chi connectivity index (χ2n) is 8.70. The van der Waals surface area contributed by atoms with Gasteiger partial charge in [0.1, 0.15) is 0 Å². The van der Waals surface area contributed by atoms with E-state index in [2.05, 4.69) is 38.4 Å². The van der Waals surface area contributed by atoms with Crippen LogP contribution < -0.4 is 5.32 Å². The highest BCUT2D eigenvalue weighted by Crippen LogP contribution is 2.44. The monoisotopic (exact) mass is 424 g/mol. The summed E-state index contributed by atoms with van der Waals surface area (Å²) < 4.78 is 0. The Morgan fingerprint density at radius 3 is 2.53 bits per heavy atom. The average molecular weight is 425 g/mol. The maximum absolute atomic E-state index is 13.0. The van der Waals surface area contributed by atoms with E-state index in [0.717, 1.165) is 35.1 Å². The number of nitrogens with one attached hydrogen (secondary N) is 1. The molecule has 0 heterocycles. The van der Waals surface area contributed by atoms with Gasteiger partial charge >= 0.3 is 0 Å². The maximum Gasteiger partial charge on any atom is 0.229 e. The molecular weight excluding hydrogens is 392 g/mol. The van der Waals surface area contributed by atoms with Crippen molar-refractivity contribution in [1.29, 1.82) is 5.26 Å². The third-order valence-corrected chi connectivity index (χ3v) is 6.62. The molecule has 0 spiro atoms. The first-order chi connectivity index (χ1) is 14.0. The molecule has 1 aliphatic rings. The van der Waals surface area contributed by atoms with Crippen LogP contribution in [0, 0.1) is 11.3 Å². The fraction of sp³-hybridized carbons (Fsp3) is 0.440. The summed E-state index contributed by atoms with van der Waals surface area (Å²) in [5.74, 6) is 0.525. The number of thioether (sulfide) groups is 1. The predicted molar refractivity (Wildman–Crippen MR) is 125 cm³/mol. The van der Waals surface area contributed by atoms with E-state index in [1.54, 1.807) is 19.9 Å². The first-order valence-corrected chi connectivity index (χ1v) is 11.1. The zero-order valence-electron chi connectivity index (χ0n) is 18.6. The Bertz CT molecular complexity index is 902. The third-order valence-electron chi connectivity index (χ3n) is 5.25. The minimum absolute atomic E-state index is 0.129. The molecule has 1 aromatic carbocycles. The van der Waals surface area contributed by atoms with E-state index in [0.29, 0.717) is 21.4 Å². The lowest BCUT2D eigenvalue weighted by atomic mass is 9.87. The molecule has 1 aromatic rings. The number of allylic oxidation sites excluding steroid dienone is 2. The van der Waals surface area contributed by atoms with Crippen molar-refractivity contribution in [2.45, 2.75) is 71.3 Å². The number of amides is 1. The Hall–Kier alpha value is -2.29. The molecule has 1 fully saturated rings. The van der Waals surface area contributed by atoms with Crippen molar-refractivity contribution < 1.29 is 9.90 Å². The minimum Gasteiger partial charge on any atom is -0.385 e. The van der Waals surface area contributed by atoms with Gasteiger partial charge < -0.3 is 10.4 Å². The van der Waals surface area contributed by atoms with E-state index in [9.17, 15) is 15.2 Å². The summed E-state index contributed by atoms with van der Waals surface area (Å²) in [6, 6.07) is 6.12. The SMILES string of the molecule is C=C/C(C)=C(/NC(=O)Cc1c(C(C)C)cc(C#N)cc1C1CC1)SC(=C)C(C)(C)O. The summed E-state index contributed by atoms with van der Waals surface area (Å²) in [5, 5.41) is 23.2. The van der Waals surface area contributed by atoms with Crippen molar-refractivity contribution in [2.24, 2.45) is 0 Å². The van der Waals surface area contributed by atoms with Crippen LogP contribution in [0.4, 0.5) is 0 Å². The van der Waals surface area contributed by atoms with Crippen LogP contribution in [0.5, 0.6) is 0 Å². The van der Waals surface area contributed by atoms with Crippen LogP contribution in [0.1, 0.15) is 81.5 Å². The maximum atomic E-state index is 13.0. The number of carbonyl (C=O) groups excluding carboxylic acids is 1. The number of hydrogen-bond donors (Lipinski definition) is 2. The van der Waals surface area contributed by atoms with Gasteiger partial charge in [-0.2, -0.15) is 5.26 Å². The van der Waals surface area contributed by atoms with Crippen LogP contribution in [-0.4, -0.2) is 16.6 Å². The Morgan fingerprint density at radius 1 is 1.43 bits per heavy atom. The molecule has 2 rings (SSSR count). The van der Waals surface area contributed by atoms with Crippen molar-refractivity contribution in [3.05, 3.63) is 69.1 Å². The molecule has 160 valence electrons. The number of benzene rings is 1. The van der Waals surface area contributed by atoms with E-state index >= 15 is 0 Å². The largest absolute Gasteiger partial charge is 0.385 e. The van der Waals surface area contributed by atoms with Crippen LogP contribution in [-0.2, 0) is 11.2 Å². The van der Waals surface area contributed by atoms with Crippen molar-refractivity contribution in [3.63, 3.8) is 0 Å². The molecular formula is C25H32N2O2S. The van der Waals surface area contributed by atoms with Crippen molar-refractivity contribution in [2.75, 3.05) is 0 Å². The molecule has 0 aromatic heterocycles. The predicted octanol–water partition coefficient (Wildman–Crippen LogP) is 5.65. The third kappa shape index (κ3) is 6.10. The highest BCUT2D eigenvalue weighted by atomic mass is 32.2. The molecule has 0 aliphatic heterocycles. The Kier molecular flexibility index (Phi) is 7.74. The van der Waals surface area contributed by atoms with E-state index < -0.39 is 5.60 Å². The van der Waals surface area contributed by atoms with Gasteiger partial charge in [-0.05, 0) is 79.8 Å². The van der Waals surface area contributed by atoms with Gasteiger partial charge in [0.15, 0.2) is 0 Å². The number of nitriles is 1. The molecule has 0 saturated heterocycles. The lowest BCUT2D eigenvalue weighted by Crippen LogP contribution is -2.27. The van der Waals surface area contributed by atoms with Gasteiger partial charge in [0.2, 0.25) is 5.91 Å². The summed E-state index contributed by atoms with van der Waals surface area (Å²) in [5.41, 5.74) is 3.62. The molecule has 2 N–H and O–H groups in total. The summed E-state index contributed by atoms with van der Waals surface area (Å²) in [6.07, 6.45) is 4.12. The molecule has 30 heavy (non-hydrogen) atoms. The van der Waals surface area contributed by atoms with Gasteiger partial charge in [0, 0.05) is 4.91 Å². The van der Waals surface area contributed by atoms with Crippen molar-refractivity contribution in [3.8, 4) is 6.07 Å². The van der Waals surface area contributed by atoms with Crippen LogP contribution in [0.3, 0.4) is 0 Å². The minimum atomic E-state index is -1.07. The zero-order chi connectivity index (χ0) is 22.6. The standard InChI is InChI=1S/C25H32N2O2S/c1-8-16(4)24(30-17(5)25(6,7)29)27-23(28)13-22-20(15(2)3)11-18(14-26)12-21(22)19-9-10-19/h8,11-12,15,19,29H,1,5,9-10,13H2,2-4,6-7H3,(H,27,28)/b24-16-. The fourth-order valence-electron chi connectivity index (χ4n) is 3.14. The molecule has 0 atom stereocenters. The Morgan fingerprint density at radius 2 is 2.07 bits per heavy atom. The molecule has 1 aliphatic carbocycles. The fourth-order valence-corrected chi connectivity index (χ4v) is 4.04. The van der Waals surface area contributed by atoms with E-state index in [1.807, 2.05) is 19.1 Å². The molecule has 4 nitrogen and oxygen atoms in total. The first-order valence-electron chi connectivity index (χ1n) is 10.3. The lowest BCUT2D eigenvalue weighted by Gasteiger charge is -2.22. The van der Waals surface area contributed by atoms with Gasteiger partial charge in [-0.15, -0.1) is 0 Å². The summed E-state index contributed by atoms with van der Waals surface area (Å²) >= 11 is 1.25. The van der Waals surface area contributed by atoms with Gasteiger partial charge in [-0.1, -0.05) is 44.8 Å². The molecule has 1 amide bonds. The summed E-state index contributed by atoms with van der Waals surface area (Å²) in [7, 11) is 0. The average Bonchev–Trinajstić information content (AvgIpc) is 3.50. The van der Waals surface area contributed by atoms with Gasteiger partial charge in [-0.3, -0.25) is 4.79 Å². The van der Waals surface area contributed by atoms with Crippen LogP contribution in [0.15, 0.2) is 46.9 Å². The smallest absolute Gasteiger partial charge is 0.229 e. The second kappa shape index (κ2) is 9.68. The van der Waals surface area contributed by atoms with Crippen molar-refractivity contribution >= 4 is 17.7 Å². The molecule has 1 saturated carbocycles. The quantitative estimate of drug-likeness (QED) is 0.502. The molecule has 0 unspecified atom stereocenters. The first kappa shape index (κ1) is 24.0. The Labute approximate surface area is 184 Å². The number of hydrogen-bond acceptors (Lipinski definition) is 4. The zero-order valence-corrected chi connectivity index (χ0v) is 19.4. The van der Waals surface area contributed by atoms with E-state index in [-0.39, 0.29) is 18.2 Å². The molecule has 0 radical (unpaired) electrons. The van der Waals surface area contributed by atoms with Crippen LogP contribution in [0.25, 0.3) is 0 Å². The van der Waals surface area contributed by atoms with Crippen LogP contribution in [0.2, 0.25) is 0 Å². The lowest BCUT2D eigenvalue weighted by molar-refractivity contribution is -0.119.